The summed E-state index contributed by atoms with van der Waals surface area (Å²) in [4.78, 5) is 10.9. The first-order valence-corrected chi connectivity index (χ1v) is 19.3. The Morgan fingerprint density at radius 2 is 0.536 bits per heavy atom. The van der Waals surface area contributed by atoms with Crippen molar-refractivity contribution in [3.63, 3.8) is 0 Å². The molecule has 0 aliphatic rings. The predicted octanol–water partition coefficient (Wildman–Crippen LogP) is 13.7. The molecule has 9 rings (SSSR count). The zero-order chi connectivity index (χ0) is 37.5. The van der Waals surface area contributed by atoms with E-state index in [9.17, 15) is 0 Å². The smallest absolute Gasteiger partial charge is 0.0751 e. The second-order valence-corrected chi connectivity index (χ2v) is 14.1. The normalized spacial score (nSPS) is 11.0. The highest BCUT2D eigenvalue weighted by Crippen LogP contribution is 2.40. The molecule has 0 aliphatic heterocycles. The van der Waals surface area contributed by atoms with Gasteiger partial charge in [0, 0.05) is 35.1 Å². The molecule has 0 N–H and O–H groups in total. The number of pyridine rings is 2. The van der Waals surface area contributed by atoms with E-state index in [0.29, 0.717) is 12.8 Å². The molecule has 0 amide bonds. The summed E-state index contributed by atoms with van der Waals surface area (Å²) >= 11 is 0. The van der Waals surface area contributed by atoms with E-state index in [1.807, 2.05) is 0 Å². The third-order valence-corrected chi connectivity index (χ3v) is 10.5. The number of hydrogen-bond donors (Lipinski definition) is 0. The summed E-state index contributed by atoms with van der Waals surface area (Å²) in [6.45, 7) is 0. The zero-order valence-corrected chi connectivity index (χ0v) is 31.1. The third kappa shape index (κ3) is 7.33. The molecule has 266 valence electrons. The average Bonchev–Trinajstić information content (AvgIpc) is 3.29. The van der Waals surface area contributed by atoms with E-state index in [1.54, 1.807) is 0 Å². The summed E-state index contributed by atoms with van der Waals surface area (Å²) in [5.74, 6) is 0. The zero-order valence-electron chi connectivity index (χ0n) is 31.1. The minimum absolute atomic E-state index is 0.712. The summed E-state index contributed by atoms with van der Waals surface area (Å²) in [6.07, 6.45) is 1.42. The van der Waals surface area contributed by atoms with Crippen molar-refractivity contribution in [2.75, 3.05) is 0 Å². The second kappa shape index (κ2) is 16.1. The first-order chi connectivity index (χ1) is 27.8. The topological polar surface area (TPSA) is 25.8 Å². The van der Waals surface area contributed by atoms with E-state index in [2.05, 4.69) is 218 Å². The molecule has 0 bridgehead atoms. The van der Waals surface area contributed by atoms with Crippen molar-refractivity contribution in [3.05, 3.63) is 241 Å². The average molecular weight is 717 g/mol. The fraction of sp³-hybridized carbons (Fsp3) is 0.0370. The van der Waals surface area contributed by atoms with Crippen LogP contribution in [0.2, 0.25) is 0 Å². The maximum Gasteiger partial charge on any atom is 0.0751 e. The van der Waals surface area contributed by atoms with Gasteiger partial charge in [-0.15, -0.1) is 0 Å². The van der Waals surface area contributed by atoms with Crippen LogP contribution in [0.3, 0.4) is 0 Å². The maximum atomic E-state index is 5.45. The highest BCUT2D eigenvalue weighted by atomic mass is 14.7. The maximum absolute atomic E-state index is 5.45. The van der Waals surface area contributed by atoms with Crippen LogP contribution < -0.4 is 0 Å². The molecule has 2 heteroatoms. The lowest BCUT2D eigenvalue weighted by Crippen LogP contribution is -2.06. The highest BCUT2D eigenvalue weighted by Gasteiger charge is 2.21. The molecule has 2 nitrogen and oxygen atoms in total. The number of rotatable bonds is 10. The van der Waals surface area contributed by atoms with Crippen molar-refractivity contribution in [1.82, 2.24) is 9.97 Å². The first-order valence-electron chi connectivity index (χ1n) is 19.3. The van der Waals surface area contributed by atoms with E-state index in [0.717, 1.165) is 45.0 Å². The summed E-state index contributed by atoms with van der Waals surface area (Å²) < 4.78 is 0. The lowest BCUT2D eigenvalue weighted by molar-refractivity contribution is 1.07. The van der Waals surface area contributed by atoms with E-state index >= 15 is 0 Å². The highest BCUT2D eigenvalue weighted by molar-refractivity contribution is 5.83. The van der Waals surface area contributed by atoms with E-state index in [-0.39, 0.29) is 0 Å². The van der Waals surface area contributed by atoms with Crippen molar-refractivity contribution in [2.24, 2.45) is 0 Å². The molecular formula is C54H40N2. The van der Waals surface area contributed by atoms with Crippen LogP contribution in [-0.4, -0.2) is 9.97 Å². The van der Waals surface area contributed by atoms with Gasteiger partial charge in [-0.05, 0) is 56.6 Å². The van der Waals surface area contributed by atoms with Gasteiger partial charge in [0.05, 0.1) is 22.8 Å². The summed E-state index contributed by atoms with van der Waals surface area (Å²) in [6, 6.07) is 77.3. The largest absolute Gasteiger partial charge is 0.247 e. The van der Waals surface area contributed by atoms with Gasteiger partial charge in [0.25, 0.3) is 0 Å². The number of benzene rings is 7. The minimum atomic E-state index is 0.712. The van der Waals surface area contributed by atoms with Crippen molar-refractivity contribution < 1.29 is 0 Å². The molecule has 56 heavy (non-hydrogen) atoms. The molecule has 0 aliphatic carbocycles. The van der Waals surface area contributed by atoms with Crippen LogP contribution in [0, 0.1) is 0 Å². The Bertz CT molecular complexity index is 2380. The Morgan fingerprint density at radius 1 is 0.268 bits per heavy atom. The minimum Gasteiger partial charge on any atom is -0.247 e. The molecule has 0 fully saturated rings. The van der Waals surface area contributed by atoms with Crippen molar-refractivity contribution in [1.29, 1.82) is 0 Å². The molecule has 0 radical (unpaired) electrons. The summed E-state index contributed by atoms with van der Waals surface area (Å²) in [5.41, 5.74) is 18.0. The van der Waals surface area contributed by atoms with Gasteiger partial charge in [0.2, 0.25) is 0 Å². The SMILES string of the molecule is c1ccc(-c2cc(-c3ccccc3)c(Cc3ccccc3Cc3c(-c4ccccc4)cc(-c4ccccc4)nc3-c3ccccc3)c(-c3ccccc3)n2)cc1. The molecule has 0 unspecified atom stereocenters. The Balaban J connectivity index is 1.24. The number of aromatic nitrogens is 2. The Morgan fingerprint density at radius 3 is 0.857 bits per heavy atom. The monoisotopic (exact) mass is 716 g/mol. The summed E-state index contributed by atoms with van der Waals surface area (Å²) in [5, 5.41) is 0. The van der Waals surface area contributed by atoms with E-state index in [4.69, 9.17) is 9.97 Å². The molecule has 2 aromatic heterocycles. The Hall–Kier alpha value is -7.16. The van der Waals surface area contributed by atoms with Gasteiger partial charge in [-0.3, -0.25) is 0 Å². The van der Waals surface area contributed by atoms with Crippen molar-refractivity contribution in [3.8, 4) is 67.3 Å². The van der Waals surface area contributed by atoms with Gasteiger partial charge in [-0.25, -0.2) is 9.97 Å². The van der Waals surface area contributed by atoms with Gasteiger partial charge in [-0.1, -0.05) is 206 Å². The quantitative estimate of drug-likeness (QED) is 0.141. The summed E-state index contributed by atoms with van der Waals surface area (Å²) in [7, 11) is 0. The van der Waals surface area contributed by atoms with E-state index < -0.39 is 0 Å². The van der Waals surface area contributed by atoms with Crippen LogP contribution in [0.4, 0.5) is 0 Å². The molecule has 0 saturated carbocycles. The molecule has 0 atom stereocenters. The van der Waals surface area contributed by atoms with Crippen LogP contribution in [0.25, 0.3) is 67.3 Å². The predicted molar refractivity (Wildman–Crippen MR) is 233 cm³/mol. The van der Waals surface area contributed by atoms with Crippen LogP contribution in [0.15, 0.2) is 218 Å². The second-order valence-electron chi connectivity index (χ2n) is 14.1. The Kier molecular flexibility index (Phi) is 9.92. The lowest BCUT2D eigenvalue weighted by atomic mass is 9.86. The fourth-order valence-corrected chi connectivity index (χ4v) is 7.72. The third-order valence-electron chi connectivity index (χ3n) is 10.5. The van der Waals surface area contributed by atoms with E-state index in [1.165, 1.54) is 44.5 Å². The van der Waals surface area contributed by atoms with Gasteiger partial charge < -0.3 is 0 Å². The van der Waals surface area contributed by atoms with Gasteiger partial charge in [-0.2, -0.15) is 0 Å². The van der Waals surface area contributed by atoms with Crippen LogP contribution >= 0.6 is 0 Å². The standard InChI is InChI=1S/C54H40N2/c1-7-21-39(22-8-1)47-37-51(41-25-11-3-12-26-41)55-53(43-29-15-5-16-30-43)49(47)35-45-33-19-20-34-46(45)36-50-48(40-23-9-2-10-24-40)38-52(42-27-13-4-14-28-42)56-54(50)44-31-17-6-18-32-44/h1-34,37-38H,35-36H2. The molecule has 0 spiro atoms. The number of hydrogen-bond acceptors (Lipinski definition) is 2. The fourth-order valence-electron chi connectivity index (χ4n) is 7.72. The molecular weight excluding hydrogens is 677 g/mol. The van der Waals surface area contributed by atoms with Crippen molar-refractivity contribution >= 4 is 0 Å². The van der Waals surface area contributed by atoms with Gasteiger partial charge in [0.1, 0.15) is 0 Å². The molecule has 9 aromatic rings. The lowest BCUT2D eigenvalue weighted by Gasteiger charge is -2.21. The molecule has 7 aromatic carbocycles. The van der Waals surface area contributed by atoms with Gasteiger partial charge in [0.15, 0.2) is 0 Å². The first kappa shape index (κ1) is 34.6. The van der Waals surface area contributed by atoms with Crippen LogP contribution in [0.1, 0.15) is 22.3 Å². The number of nitrogens with zero attached hydrogens (tertiary/aromatic N) is 2. The van der Waals surface area contributed by atoms with Crippen LogP contribution in [0.5, 0.6) is 0 Å². The van der Waals surface area contributed by atoms with Gasteiger partial charge >= 0.3 is 0 Å². The molecule has 2 heterocycles. The molecule has 0 saturated heterocycles. The Labute approximate surface area is 329 Å². The van der Waals surface area contributed by atoms with Crippen molar-refractivity contribution in [2.45, 2.75) is 12.8 Å². The van der Waals surface area contributed by atoms with Crippen LogP contribution in [-0.2, 0) is 12.8 Å².